The fourth-order valence-corrected chi connectivity index (χ4v) is 7.26. The highest BCUT2D eigenvalue weighted by Gasteiger charge is 2.75. The number of hydrogen-bond donors (Lipinski definition) is 1. The number of ether oxygens (including phenoxy) is 1. The third kappa shape index (κ3) is 2.67. The molecule has 7 nitrogen and oxygen atoms in total. The first-order valence-electron chi connectivity index (χ1n) is 11.0. The lowest BCUT2D eigenvalue weighted by Gasteiger charge is -2.37. The molecule has 3 amide bonds. The number of nitrogens with zero attached hydrogens (tertiary/aromatic N) is 2. The van der Waals surface area contributed by atoms with Crippen LogP contribution >= 0.6 is 34.8 Å². The lowest BCUT2D eigenvalue weighted by Crippen LogP contribution is -2.54. The molecule has 0 bridgehead atoms. The Morgan fingerprint density at radius 2 is 1.76 bits per heavy atom. The van der Waals surface area contributed by atoms with Crippen molar-refractivity contribution in [2.24, 2.45) is 17.8 Å². The Morgan fingerprint density at radius 1 is 1.03 bits per heavy atom. The fourth-order valence-electron chi connectivity index (χ4n) is 6.50. The van der Waals surface area contributed by atoms with Gasteiger partial charge in [0.05, 0.1) is 35.3 Å². The highest BCUT2D eigenvalue weighted by atomic mass is 35.5. The van der Waals surface area contributed by atoms with Crippen molar-refractivity contribution in [1.82, 2.24) is 4.90 Å². The van der Waals surface area contributed by atoms with E-state index in [1.54, 1.807) is 30.3 Å². The number of halogens is 3. The molecule has 5 unspecified atom stereocenters. The van der Waals surface area contributed by atoms with E-state index in [2.05, 4.69) is 12.2 Å². The van der Waals surface area contributed by atoms with Gasteiger partial charge in [0.1, 0.15) is 11.3 Å². The molecule has 5 atom stereocenters. The van der Waals surface area contributed by atoms with E-state index in [9.17, 15) is 14.4 Å². The summed E-state index contributed by atoms with van der Waals surface area (Å²) >= 11 is 19.1. The Hall–Kier alpha value is -2.32. The Bertz CT molecular complexity index is 1300. The van der Waals surface area contributed by atoms with Crippen molar-refractivity contribution < 1.29 is 19.1 Å². The molecule has 4 aliphatic rings. The molecular formula is C24H20Cl3N3O4. The van der Waals surface area contributed by atoms with Crippen LogP contribution in [-0.4, -0.2) is 42.3 Å². The van der Waals surface area contributed by atoms with Gasteiger partial charge in [0.15, 0.2) is 0 Å². The molecule has 0 radical (unpaired) electrons. The van der Waals surface area contributed by atoms with Crippen molar-refractivity contribution >= 4 is 63.9 Å². The molecule has 0 saturated carbocycles. The predicted molar refractivity (Wildman–Crippen MR) is 129 cm³/mol. The number of carbonyl (C=O) groups excluding carboxylic acids is 3. The number of nitrogens with one attached hydrogen (secondary N) is 1. The van der Waals surface area contributed by atoms with Gasteiger partial charge in [-0.25, -0.2) is 4.90 Å². The number of amides is 3. The summed E-state index contributed by atoms with van der Waals surface area (Å²) in [5.74, 6) is -2.07. The minimum Gasteiger partial charge on any atom is -0.497 e. The molecule has 1 spiro atoms. The van der Waals surface area contributed by atoms with E-state index in [0.29, 0.717) is 50.7 Å². The molecule has 0 aromatic heterocycles. The molecule has 2 aromatic rings. The maximum Gasteiger partial charge on any atom is 0.250 e. The maximum absolute atomic E-state index is 14.1. The summed E-state index contributed by atoms with van der Waals surface area (Å²) in [7, 11) is 1.48. The third-order valence-electron chi connectivity index (χ3n) is 7.62. The molecule has 2 aromatic carbocycles. The van der Waals surface area contributed by atoms with Gasteiger partial charge in [-0.3, -0.25) is 19.3 Å². The standard InChI is InChI=1S/C24H20Cl3N3O4/c1-10-3-17-18-19(22(32)30(21(18)31)13-4-11(25)5-14(8-13)34-2)24(29(17)9-10)15-6-12(26)7-16(27)20(15)28-23(24)33/h4-8,10,17-19H,3,9H2,1-2H3,(H,28,33). The van der Waals surface area contributed by atoms with E-state index >= 15 is 0 Å². The van der Waals surface area contributed by atoms with E-state index in [0.717, 1.165) is 4.90 Å². The van der Waals surface area contributed by atoms with Crippen LogP contribution < -0.4 is 15.0 Å². The summed E-state index contributed by atoms with van der Waals surface area (Å²) in [6.45, 7) is 2.67. The van der Waals surface area contributed by atoms with Crippen LogP contribution in [0.15, 0.2) is 30.3 Å². The van der Waals surface area contributed by atoms with Crippen molar-refractivity contribution in [3.8, 4) is 5.75 Å². The molecule has 4 heterocycles. The quantitative estimate of drug-likeness (QED) is 0.596. The van der Waals surface area contributed by atoms with Crippen LogP contribution in [0.3, 0.4) is 0 Å². The number of hydrogen-bond acceptors (Lipinski definition) is 5. The lowest BCUT2D eigenvalue weighted by molar-refractivity contribution is -0.135. The zero-order valence-electron chi connectivity index (χ0n) is 18.3. The van der Waals surface area contributed by atoms with Crippen LogP contribution in [0.4, 0.5) is 11.4 Å². The van der Waals surface area contributed by atoms with Crippen LogP contribution in [0.1, 0.15) is 18.9 Å². The number of methoxy groups -OCH3 is 1. The molecule has 6 rings (SSSR count). The zero-order valence-corrected chi connectivity index (χ0v) is 20.5. The molecular weight excluding hydrogens is 501 g/mol. The van der Waals surface area contributed by atoms with Gasteiger partial charge in [0, 0.05) is 34.3 Å². The molecule has 34 heavy (non-hydrogen) atoms. The van der Waals surface area contributed by atoms with Gasteiger partial charge in [-0.15, -0.1) is 0 Å². The number of benzene rings is 2. The number of carbonyl (C=O) groups is 3. The van der Waals surface area contributed by atoms with Crippen molar-refractivity contribution in [1.29, 1.82) is 0 Å². The summed E-state index contributed by atoms with van der Waals surface area (Å²) in [6, 6.07) is 7.73. The molecule has 1 N–H and O–H groups in total. The first kappa shape index (κ1) is 22.2. The molecule has 10 heteroatoms. The van der Waals surface area contributed by atoms with Crippen LogP contribution in [0, 0.1) is 17.8 Å². The molecule has 176 valence electrons. The maximum atomic E-state index is 14.1. The van der Waals surface area contributed by atoms with Gasteiger partial charge >= 0.3 is 0 Å². The zero-order chi connectivity index (χ0) is 24.1. The summed E-state index contributed by atoms with van der Waals surface area (Å²) in [4.78, 5) is 44.9. The third-order valence-corrected chi connectivity index (χ3v) is 8.36. The molecule has 3 fully saturated rings. The first-order valence-corrected chi connectivity index (χ1v) is 12.1. The van der Waals surface area contributed by atoms with Gasteiger partial charge in [0.25, 0.3) is 5.91 Å². The number of imide groups is 1. The van der Waals surface area contributed by atoms with Crippen LogP contribution in [-0.2, 0) is 19.9 Å². The summed E-state index contributed by atoms with van der Waals surface area (Å²) in [6.07, 6.45) is 0.700. The second-order valence-electron chi connectivity index (χ2n) is 9.46. The SMILES string of the molecule is COc1cc(Cl)cc(N2C(=O)C3C4CC(C)CN4C4(C(=O)Nc5c(Cl)cc(Cl)cc54)C3C2=O)c1. The van der Waals surface area contributed by atoms with Crippen molar-refractivity contribution in [3.63, 3.8) is 0 Å². The van der Waals surface area contributed by atoms with E-state index < -0.39 is 23.3 Å². The van der Waals surface area contributed by atoms with Gasteiger partial charge in [0.2, 0.25) is 11.8 Å². The van der Waals surface area contributed by atoms with Crippen LogP contribution in [0.25, 0.3) is 0 Å². The molecule has 4 aliphatic heterocycles. The Kier molecular flexibility index (Phi) is 4.78. The second-order valence-corrected chi connectivity index (χ2v) is 10.7. The monoisotopic (exact) mass is 519 g/mol. The fraction of sp³-hybridized carbons (Fsp3) is 0.375. The van der Waals surface area contributed by atoms with E-state index in [1.165, 1.54) is 7.11 Å². The van der Waals surface area contributed by atoms with Crippen LogP contribution in [0.5, 0.6) is 5.75 Å². The number of fused-ring (bicyclic) bond motifs is 7. The average Bonchev–Trinajstić information content (AvgIpc) is 3.44. The topological polar surface area (TPSA) is 79.0 Å². The van der Waals surface area contributed by atoms with Gasteiger partial charge in [-0.05, 0) is 36.6 Å². The van der Waals surface area contributed by atoms with Gasteiger partial charge < -0.3 is 10.1 Å². The first-order chi connectivity index (χ1) is 16.2. The Labute approximate surface area is 210 Å². The van der Waals surface area contributed by atoms with Crippen molar-refractivity contribution in [3.05, 3.63) is 51.0 Å². The minimum absolute atomic E-state index is 0.248. The van der Waals surface area contributed by atoms with E-state index in [4.69, 9.17) is 39.5 Å². The summed E-state index contributed by atoms with van der Waals surface area (Å²) < 4.78 is 5.29. The van der Waals surface area contributed by atoms with E-state index in [-0.39, 0.29) is 23.8 Å². The van der Waals surface area contributed by atoms with Gasteiger partial charge in [-0.2, -0.15) is 0 Å². The normalized spacial score (nSPS) is 31.8. The number of rotatable bonds is 2. The predicted octanol–water partition coefficient (Wildman–Crippen LogP) is 4.33. The second kappa shape index (κ2) is 7.34. The lowest BCUT2D eigenvalue weighted by atomic mass is 9.75. The largest absolute Gasteiger partial charge is 0.497 e. The molecule has 0 aliphatic carbocycles. The Morgan fingerprint density at radius 3 is 2.50 bits per heavy atom. The summed E-state index contributed by atoms with van der Waals surface area (Å²) in [5.41, 5.74) is -0.0515. The highest BCUT2D eigenvalue weighted by Crippen LogP contribution is 2.62. The average molecular weight is 521 g/mol. The smallest absolute Gasteiger partial charge is 0.250 e. The van der Waals surface area contributed by atoms with E-state index in [1.807, 2.05) is 4.90 Å². The minimum atomic E-state index is -1.37. The Balaban J connectivity index is 1.57. The summed E-state index contributed by atoms with van der Waals surface area (Å²) in [5, 5.41) is 3.88. The van der Waals surface area contributed by atoms with Crippen molar-refractivity contribution in [2.75, 3.05) is 23.9 Å². The van der Waals surface area contributed by atoms with Crippen LogP contribution in [0.2, 0.25) is 15.1 Å². The highest BCUT2D eigenvalue weighted by molar-refractivity contribution is 6.38. The number of anilines is 2. The van der Waals surface area contributed by atoms with Gasteiger partial charge in [-0.1, -0.05) is 41.7 Å². The molecule has 3 saturated heterocycles. The van der Waals surface area contributed by atoms with Crippen molar-refractivity contribution in [2.45, 2.75) is 24.9 Å².